The molecule has 1 aromatic carbocycles. The first-order valence-corrected chi connectivity index (χ1v) is 4.19. The molecule has 0 radical (unpaired) electrons. The van der Waals surface area contributed by atoms with Crippen LogP contribution in [0.3, 0.4) is 0 Å². The number of allylic oxidation sites excluding steroid dienone is 2. The molecule has 0 atom stereocenters. The first-order chi connectivity index (χ1) is 5.77. The normalized spacial score (nSPS) is 11.8. The molecule has 1 rings (SSSR count). The number of hydrogen-bond acceptors (Lipinski definition) is 0. The molecule has 0 bridgehead atoms. The van der Waals surface area contributed by atoms with Gasteiger partial charge in [0, 0.05) is 0 Å². The molecular weight excluding hydrogens is 151 g/mol. The second-order valence-electron chi connectivity index (χ2n) is 2.67. The Morgan fingerprint density at radius 3 is 2.33 bits per heavy atom. The van der Waals surface area contributed by atoms with Gasteiger partial charge in [-0.15, -0.1) is 0 Å². The largest absolute Gasteiger partial charge is 0.207 e. The average Bonchev–Trinajstić information content (AvgIpc) is 2.10. The van der Waals surface area contributed by atoms with Gasteiger partial charge in [-0.2, -0.15) is 0 Å². The summed E-state index contributed by atoms with van der Waals surface area (Å²) in [6.07, 6.45) is 3.05. The van der Waals surface area contributed by atoms with Gasteiger partial charge in [0.2, 0.25) is 0 Å². The van der Waals surface area contributed by atoms with E-state index in [0.29, 0.717) is 0 Å². The van der Waals surface area contributed by atoms with Crippen LogP contribution >= 0.6 is 0 Å². The maximum Gasteiger partial charge on any atom is 0.123 e. The summed E-state index contributed by atoms with van der Waals surface area (Å²) >= 11 is 0. The van der Waals surface area contributed by atoms with Crippen molar-refractivity contribution < 1.29 is 4.39 Å². The van der Waals surface area contributed by atoms with Crippen LogP contribution < -0.4 is 0 Å². The first-order valence-electron chi connectivity index (χ1n) is 4.19. The minimum atomic E-state index is -0.176. The fourth-order valence-electron chi connectivity index (χ4n) is 1.24. The van der Waals surface area contributed by atoms with Gasteiger partial charge in [-0.3, -0.25) is 0 Å². The van der Waals surface area contributed by atoms with E-state index in [9.17, 15) is 4.39 Å². The molecule has 1 heteroatoms. The van der Waals surface area contributed by atoms with Gasteiger partial charge in [-0.1, -0.05) is 25.1 Å². The van der Waals surface area contributed by atoms with Gasteiger partial charge in [-0.05, 0) is 36.6 Å². The quantitative estimate of drug-likeness (QED) is 0.626. The lowest BCUT2D eigenvalue weighted by Crippen LogP contribution is -1.82. The van der Waals surface area contributed by atoms with Crippen molar-refractivity contribution in [3.05, 3.63) is 41.7 Å². The fourth-order valence-corrected chi connectivity index (χ4v) is 1.24. The minimum absolute atomic E-state index is 0.176. The van der Waals surface area contributed by atoms with Crippen LogP contribution in [0.4, 0.5) is 4.39 Å². The van der Waals surface area contributed by atoms with Gasteiger partial charge in [0.15, 0.2) is 0 Å². The molecule has 64 valence electrons. The Morgan fingerprint density at radius 1 is 1.33 bits per heavy atom. The molecule has 1 aromatic rings. The van der Waals surface area contributed by atoms with Gasteiger partial charge >= 0.3 is 0 Å². The summed E-state index contributed by atoms with van der Waals surface area (Å²) in [5.41, 5.74) is 2.37. The molecule has 0 aliphatic rings. The standard InChI is InChI=1S/C11H13F/c1-3-9(4-2)10-5-7-11(12)8-6-10/h3,5-8H,4H2,1-2H3. The summed E-state index contributed by atoms with van der Waals surface area (Å²) in [6.45, 7) is 4.10. The Balaban J connectivity index is 2.96. The number of hydrogen-bond donors (Lipinski definition) is 0. The van der Waals surface area contributed by atoms with E-state index in [1.54, 1.807) is 0 Å². The van der Waals surface area contributed by atoms with Crippen LogP contribution in [0.2, 0.25) is 0 Å². The number of rotatable bonds is 2. The van der Waals surface area contributed by atoms with E-state index < -0.39 is 0 Å². The third-order valence-corrected chi connectivity index (χ3v) is 1.94. The van der Waals surface area contributed by atoms with Crippen LogP contribution in [0, 0.1) is 5.82 Å². The Labute approximate surface area is 72.7 Å². The summed E-state index contributed by atoms with van der Waals surface area (Å²) < 4.78 is 12.5. The molecule has 0 aliphatic heterocycles. The lowest BCUT2D eigenvalue weighted by atomic mass is 10.0. The molecule has 0 saturated heterocycles. The highest BCUT2D eigenvalue weighted by molar-refractivity contribution is 5.64. The zero-order valence-electron chi connectivity index (χ0n) is 7.47. The smallest absolute Gasteiger partial charge is 0.123 e. The van der Waals surface area contributed by atoms with Gasteiger partial charge in [-0.25, -0.2) is 4.39 Å². The van der Waals surface area contributed by atoms with E-state index in [-0.39, 0.29) is 5.82 Å². The Bertz CT molecular complexity index is 270. The van der Waals surface area contributed by atoms with E-state index in [1.165, 1.54) is 17.7 Å². The van der Waals surface area contributed by atoms with Crippen LogP contribution in [0.1, 0.15) is 25.8 Å². The Kier molecular flexibility index (Phi) is 3.03. The first kappa shape index (κ1) is 8.98. The number of halogens is 1. The molecule has 0 aromatic heterocycles. The van der Waals surface area contributed by atoms with E-state index in [0.717, 1.165) is 12.0 Å². The van der Waals surface area contributed by atoms with Crippen molar-refractivity contribution in [3.8, 4) is 0 Å². The molecule has 0 unspecified atom stereocenters. The molecule has 0 aliphatic carbocycles. The Morgan fingerprint density at radius 2 is 1.92 bits per heavy atom. The summed E-state index contributed by atoms with van der Waals surface area (Å²) in [5.74, 6) is -0.176. The summed E-state index contributed by atoms with van der Waals surface area (Å²) in [5, 5.41) is 0. The highest BCUT2D eigenvalue weighted by atomic mass is 19.1. The lowest BCUT2D eigenvalue weighted by molar-refractivity contribution is 0.627. The van der Waals surface area contributed by atoms with Crippen molar-refractivity contribution >= 4 is 5.57 Å². The lowest BCUT2D eigenvalue weighted by Gasteiger charge is -2.02. The van der Waals surface area contributed by atoms with Crippen molar-refractivity contribution in [2.45, 2.75) is 20.3 Å². The third kappa shape index (κ3) is 1.94. The fraction of sp³-hybridized carbons (Fsp3) is 0.273. The molecule has 0 amide bonds. The van der Waals surface area contributed by atoms with Gasteiger partial charge in [0.25, 0.3) is 0 Å². The molecule has 0 fully saturated rings. The SMILES string of the molecule is CC=C(CC)c1ccc(F)cc1. The van der Waals surface area contributed by atoms with Gasteiger partial charge < -0.3 is 0 Å². The van der Waals surface area contributed by atoms with Gasteiger partial charge in [0.1, 0.15) is 5.82 Å². The molecular formula is C11H13F. The third-order valence-electron chi connectivity index (χ3n) is 1.94. The molecule has 0 saturated carbocycles. The monoisotopic (exact) mass is 164 g/mol. The second-order valence-corrected chi connectivity index (χ2v) is 2.67. The zero-order valence-corrected chi connectivity index (χ0v) is 7.47. The molecule has 0 heterocycles. The van der Waals surface area contributed by atoms with Crippen molar-refractivity contribution in [2.24, 2.45) is 0 Å². The van der Waals surface area contributed by atoms with Crippen LogP contribution in [-0.2, 0) is 0 Å². The van der Waals surface area contributed by atoms with Crippen molar-refractivity contribution in [3.63, 3.8) is 0 Å². The predicted octanol–water partition coefficient (Wildman–Crippen LogP) is 3.64. The molecule has 12 heavy (non-hydrogen) atoms. The topological polar surface area (TPSA) is 0 Å². The summed E-state index contributed by atoms with van der Waals surface area (Å²) in [6, 6.07) is 6.62. The predicted molar refractivity (Wildman–Crippen MR) is 50.3 cm³/mol. The maximum absolute atomic E-state index is 12.5. The zero-order chi connectivity index (χ0) is 8.97. The van der Waals surface area contributed by atoms with Crippen LogP contribution in [0.5, 0.6) is 0 Å². The highest BCUT2D eigenvalue weighted by Gasteiger charge is 1.96. The highest BCUT2D eigenvalue weighted by Crippen LogP contribution is 2.17. The molecule has 0 N–H and O–H groups in total. The Hall–Kier alpha value is -1.11. The minimum Gasteiger partial charge on any atom is -0.207 e. The van der Waals surface area contributed by atoms with E-state index in [1.807, 2.05) is 19.1 Å². The summed E-state index contributed by atoms with van der Waals surface area (Å²) in [7, 11) is 0. The van der Waals surface area contributed by atoms with Crippen molar-refractivity contribution in [1.29, 1.82) is 0 Å². The second kappa shape index (κ2) is 4.05. The van der Waals surface area contributed by atoms with E-state index in [4.69, 9.17) is 0 Å². The van der Waals surface area contributed by atoms with Crippen LogP contribution in [0.25, 0.3) is 5.57 Å². The molecule has 0 nitrogen and oxygen atoms in total. The van der Waals surface area contributed by atoms with E-state index >= 15 is 0 Å². The average molecular weight is 164 g/mol. The van der Waals surface area contributed by atoms with Crippen molar-refractivity contribution in [2.75, 3.05) is 0 Å². The van der Waals surface area contributed by atoms with E-state index in [2.05, 4.69) is 13.0 Å². The summed E-state index contributed by atoms with van der Waals surface area (Å²) in [4.78, 5) is 0. The van der Waals surface area contributed by atoms with Crippen LogP contribution in [0.15, 0.2) is 30.3 Å². The van der Waals surface area contributed by atoms with Crippen LogP contribution in [-0.4, -0.2) is 0 Å². The van der Waals surface area contributed by atoms with Gasteiger partial charge in [0.05, 0.1) is 0 Å². The number of benzene rings is 1. The van der Waals surface area contributed by atoms with Crippen molar-refractivity contribution in [1.82, 2.24) is 0 Å². The molecule has 0 spiro atoms. The maximum atomic E-state index is 12.5.